The lowest BCUT2D eigenvalue weighted by Crippen LogP contribution is -2.12. The highest BCUT2D eigenvalue weighted by Crippen LogP contribution is 2.30. The largest absolute Gasteiger partial charge is 0.453 e. The number of hydrogen-bond acceptors (Lipinski definition) is 2. The molecule has 0 saturated heterocycles. The van der Waals surface area contributed by atoms with E-state index in [0.29, 0.717) is 4.47 Å². The van der Waals surface area contributed by atoms with Gasteiger partial charge in [0.05, 0.1) is 5.56 Å². The molecule has 0 fully saturated rings. The number of amides is 1. The molecule has 0 heterocycles. The third-order valence-corrected chi connectivity index (χ3v) is 2.81. The number of nitrogens with two attached hydrogens (primary N) is 1. The number of benzene rings is 2. The van der Waals surface area contributed by atoms with Gasteiger partial charge in [0.15, 0.2) is 11.6 Å². The van der Waals surface area contributed by atoms with Crippen molar-refractivity contribution in [3.8, 4) is 11.5 Å². The lowest BCUT2D eigenvalue weighted by molar-refractivity contribution is 0.0997. The number of halogens is 3. The first-order valence-corrected chi connectivity index (χ1v) is 5.99. The van der Waals surface area contributed by atoms with E-state index in [1.165, 1.54) is 24.3 Å². The summed E-state index contributed by atoms with van der Waals surface area (Å²) in [7, 11) is 0. The van der Waals surface area contributed by atoms with E-state index in [2.05, 4.69) is 15.9 Å². The van der Waals surface area contributed by atoms with E-state index in [-0.39, 0.29) is 17.1 Å². The van der Waals surface area contributed by atoms with Crippen LogP contribution in [0.4, 0.5) is 8.78 Å². The van der Waals surface area contributed by atoms with Crippen molar-refractivity contribution in [2.45, 2.75) is 0 Å². The van der Waals surface area contributed by atoms with Gasteiger partial charge < -0.3 is 10.5 Å². The SMILES string of the molecule is NC(=O)c1cc(F)ccc1Oc1cc(Br)ccc1F. The summed E-state index contributed by atoms with van der Waals surface area (Å²) in [5.74, 6) is -2.20. The molecule has 0 atom stereocenters. The fraction of sp³-hybridized carbons (Fsp3) is 0. The third kappa shape index (κ3) is 3.08. The lowest BCUT2D eigenvalue weighted by atomic mass is 10.2. The Morgan fingerprint density at radius 1 is 1.11 bits per heavy atom. The van der Waals surface area contributed by atoms with E-state index < -0.39 is 17.5 Å². The molecule has 0 radical (unpaired) electrons. The van der Waals surface area contributed by atoms with Crippen molar-refractivity contribution in [2.75, 3.05) is 0 Å². The van der Waals surface area contributed by atoms with Crippen LogP contribution in [0, 0.1) is 11.6 Å². The molecule has 98 valence electrons. The van der Waals surface area contributed by atoms with Gasteiger partial charge >= 0.3 is 0 Å². The summed E-state index contributed by atoms with van der Waals surface area (Å²) in [5.41, 5.74) is 4.96. The minimum atomic E-state index is -0.857. The molecule has 0 saturated carbocycles. The van der Waals surface area contributed by atoms with E-state index in [0.717, 1.165) is 12.1 Å². The zero-order chi connectivity index (χ0) is 14.0. The van der Waals surface area contributed by atoms with Crippen molar-refractivity contribution >= 4 is 21.8 Å². The fourth-order valence-corrected chi connectivity index (χ4v) is 1.80. The van der Waals surface area contributed by atoms with Gasteiger partial charge in [0.1, 0.15) is 11.6 Å². The topological polar surface area (TPSA) is 52.3 Å². The van der Waals surface area contributed by atoms with Crippen molar-refractivity contribution in [1.82, 2.24) is 0 Å². The van der Waals surface area contributed by atoms with Crippen LogP contribution in [-0.4, -0.2) is 5.91 Å². The molecule has 1 amide bonds. The number of carbonyl (C=O) groups excluding carboxylic acids is 1. The Bertz CT molecular complexity index is 647. The minimum Gasteiger partial charge on any atom is -0.453 e. The number of rotatable bonds is 3. The van der Waals surface area contributed by atoms with Gasteiger partial charge in [0.2, 0.25) is 0 Å². The van der Waals surface area contributed by atoms with Crippen LogP contribution >= 0.6 is 15.9 Å². The normalized spacial score (nSPS) is 10.3. The second-order valence-electron chi connectivity index (χ2n) is 3.68. The Hall–Kier alpha value is -1.95. The van der Waals surface area contributed by atoms with E-state index >= 15 is 0 Å². The summed E-state index contributed by atoms with van der Waals surface area (Å²) < 4.78 is 32.4. The maximum Gasteiger partial charge on any atom is 0.252 e. The van der Waals surface area contributed by atoms with Crippen LogP contribution in [0.15, 0.2) is 40.9 Å². The smallest absolute Gasteiger partial charge is 0.252 e. The van der Waals surface area contributed by atoms with Crippen LogP contribution in [0.25, 0.3) is 0 Å². The van der Waals surface area contributed by atoms with Crippen LogP contribution in [0.3, 0.4) is 0 Å². The zero-order valence-corrected chi connectivity index (χ0v) is 11.1. The molecule has 0 aromatic heterocycles. The van der Waals surface area contributed by atoms with Gasteiger partial charge in [-0.1, -0.05) is 15.9 Å². The summed E-state index contributed by atoms with van der Waals surface area (Å²) in [6, 6.07) is 7.35. The molecule has 0 aliphatic heterocycles. The summed E-state index contributed by atoms with van der Waals surface area (Å²) in [4.78, 5) is 11.2. The van der Waals surface area contributed by atoms with E-state index in [9.17, 15) is 13.6 Å². The highest BCUT2D eigenvalue weighted by atomic mass is 79.9. The average molecular weight is 328 g/mol. The molecule has 2 rings (SSSR count). The number of primary amides is 1. The van der Waals surface area contributed by atoms with Crippen LogP contribution in [-0.2, 0) is 0 Å². The molecular weight excluding hydrogens is 320 g/mol. The first kappa shape index (κ1) is 13.5. The van der Waals surface area contributed by atoms with E-state index in [4.69, 9.17) is 10.5 Å². The summed E-state index contributed by atoms with van der Waals surface area (Å²) in [6.45, 7) is 0. The quantitative estimate of drug-likeness (QED) is 0.936. The zero-order valence-electron chi connectivity index (χ0n) is 9.49. The minimum absolute atomic E-state index is 0.00843. The molecule has 0 aliphatic carbocycles. The number of carbonyl (C=O) groups is 1. The van der Waals surface area contributed by atoms with E-state index in [1.807, 2.05) is 0 Å². The molecule has 0 unspecified atom stereocenters. The second kappa shape index (κ2) is 5.36. The molecular formula is C13H8BrF2NO2. The summed E-state index contributed by atoms with van der Waals surface area (Å²) >= 11 is 3.17. The molecule has 2 N–H and O–H groups in total. The van der Waals surface area contributed by atoms with Gasteiger partial charge in [-0.05, 0) is 36.4 Å². The van der Waals surface area contributed by atoms with Gasteiger partial charge in [0.25, 0.3) is 5.91 Å². The van der Waals surface area contributed by atoms with Crippen LogP contribution < -0.4 is 10.5 Å². The number of hydrogen-bond donors (Lipinski definition) is 1. The number of ether oxygens (including phenoxy) is 1. The molecule has 3 nitrogen and oxygen atoms in total. The Morgan fingerprint density at radius 3 is 2.53 bits per heavy atom. The molecule has 0 aliphatic rings. The Morgan fingerprint density at radius 2 is 1.84 bits per heavy atom. The lowest BCUT2D eigenvalue weighted by Gasteiger charge is -2.10. The van der Waals surface area contributed by atoms with Gasteiger partial charge in [0, 0.05) is 4.47 Å². The van der Waals surface area contributed by atoms with Crippen molar-refractivity contribution < 1.29 is 18.3 Å². The first-order chi connectivity index (χ1) is 8.97. The van der Waals surface area contributed by atoms with Crippen LogP contribution in [0.1, 0.15) is 10.4 Å². The van der Waals surface area contributed by atoms with E-state index in [1.54, 1.807) is 0 Å². The maximum absolute atomic E-state index is 13.5. The molecule has 2 aromatic rings. The van der Waals surface area contributed by atoms with Crippen LogP contribution in [0.5, 0.6) is 11.5 Å². The van der Waals surface area contributed by atoms with Gasteiger partial charge in [-0.25, -0.2) is 8.78 Å². The summed E-state index contributed by atoms with van der Waals surface area (Å²) in [6.07, 6.45) is 0. The second-order valence-corrected chi connectivity index (χ2v) is 4.60. The maximum atomic E-state index is 13.5. The standard InChI is InChI=1S/C13H8BrF2NO2/c14-7-1-3-10(16)12(5-7)19-11-4-2-8(15)6-9(11)13(17)18/h1-6H,(H2,17,18). The predicted octanol–water partition coefficient (Wildman–Crippen LogP) is 3.62. The highest BCUT2D eigenvalue weighted by Gasteiger charge is 2.13. The Kier molecular flexibility index (Phi) is 3.80. The fourth-order valence-electron chi connectivity index (χ4n) is 1.46. The van der Waals surface area contributed by atoms with Crippen molar-refractivity contribution in [1.29, 1.82) is 0 Å². The molecule has 19 heavy (non-hydrogen) atoms. The van der Waals surface area contributed by atoms with Crippen molar-refractivity contribution in [2.24, 2.45) is 5.73 Å². The third-order valence-electron chi connectivity index (χ3n) is 2.32. The Labute approximate surface area is 116 Å². The monoisotopic (exact) mass is 327 g/mol. The summed E-state index contributed by atoms with van der Waals surface area (Å²) in [5, 5.41) is 0. The average Bonchev–Trinajstić information content (AvgIpc) is 2.35. The molecule has 2 aromatic carbocycles. The van der Waals surface area contributed by atoms with Gasteiger partial charge in [-0.2, -0.15) is 0 Å². The van der Waals surface area contributed by atoms with Crippen LogP contribution in [0.2, 0.25) is 0 Å². The highest BCUT2D eigenvalue weighted by molar-refractivity contribution is 9.10. The first-order valence-electron chi connectivity index (χ1n) is 5.19. The van der Waals surface area contributed by atoms with Gasteiger partial charge in [-0.15, -0.1) is 0 Å². The van der Waals surface area contributed by atoms with Crippen molar-refractivity contribution in [3.05, 3.63) is 58.1 Å². The predicted molar refractivity (Wildman–Crippen MR) is 69.1 cm³/mol. The Balaban J connectivity index is 2.43. The molecule has 0 spiro atoms. The van der Waals surface area contributed by atoms with Crippen molar-refractivity contribution in [3.63, 3.8) is 0 Å². The molecule has 6 heteroatoms. The molecule has 0 bridgehead atoms. The van der Waals surface area contributed by atoms with Gasteiger partial charge in [-0.3, -0.25) is 4.79 Å².